The van der Waals surface area contributed by atoms with Gasteiger partial charge in [-0.15, -0.1) is 12.4 Å². The quantitative estimate of drug-likeness (QED) is 0.522. The second-order valence-corrected chi connectivity index (χ2v) is 5.16. The highest BCUT2D eigenvalue weighted by Crippen LogP contribution is 2.18. The number of ether oxygens (including phenoxy) is 1. The zero-order valence-corrected chi connectivity index (χ0v) is 13.2. The number of rotatable bonds is 4. The number of hydrogen-bond donors (Lipinski definition) is 1. The van der Waals surface area contributed by atoms with Crippen molar-refractivity contribution in [2.24, 2.45) is 5.92 Å². The molecule has 0 saturated carbocycles. The van der Waals surface area contributed by atoms with Gasteiger partial charge in [0.25, 0.3) is 0 Å². The van der Waals surface area contributed by atoms with E-state index in [0.717, 1.165) is 5.56 Å². The lowest BCUT2D eigenvalue weighted by molar-refractivity contribution is -0.138. The lowest BCUT2D eigenvalue weighted by atomic mass is 10.0. The van der Waals surface area contributed by atoms with Gasteiger partial charge >= 0.3 is 5.97 Å². The first kappa shape index (κ1) is 17.3. The van der Waals surface area contributed by atoms with Gasteiger partial charge in [-0.05, 0) is 48.4 Å². The van der Waals surface area contributed by atoms with E-state index in [1.54, 1.807) is 24.3 Å². The first-order valence-electron chi connectivity index (χ1n) is 6.36. The number of benzene rings is 2. The fourth-order valence-corrected chi connectivity index (χ4v) is 1.94. The van der Waals surface area contributed by atoms with E-state index in [9.17, 15) is 4.79 Å². The molecule has 1 atom stereocenters. The van der Waals surface area contributed by atoms with Crippen molar-refractivity contribution in [3.05, 3.63) is 59.1 Å². The highest BCUT2D eigenvalue weighted by atomic mass is 35.5. The maximum Gasteiger partial charge on any atom is 0.314 e. The second-order valence-electron chi connectivity index (χ2n) is 4.72. The van der Waals surface area contributed by atoms with Crippen LogP contribution in [0, 0.1) is 5.92 Å². The molecule has 3 nitrogen and oxygen atoms in total. The molecule has 112 valence electrons. The third kappa shape index (κ3) is 5.29. The first-order valence-corrected chi connectivity index (χ1v) is 6.74. The van der Waals surface area contributed by atoms with Crippen LogP contribution in [0.2, 0.25) is 5.02 Å². The minimum Gasteiger partial charge on any atom is -0.426 e. The molecule has 0 aliphatic rings. The second kappa shape index (κ2) is 7.91. The Bertz CT molecular complexity index is 582. The van der Waals surface area contributed by atoms with Crippen molar-refractivity contribution in [2.45, 2.75) is 13.3 Å². The number of carbonyl (C=O) groups is 1. The Labute approximate surface area is 135 Å². The van der Waals surface area contributed by atoms with Crippen LogP contribution in [0.5, 0.6) is 5.75 Å². The molecular weight excluding hydrogens is 309 g/mol. The Morgan fingerprint density at radius 3 is 2.29 bits per heavy atom. The standard InChI is InChI=1S/C16H16ClNO2.ClH/c1-11(10-12-2-6-14(18)7-3-12)16(19)20-15-8-4-13(17)5-9-15;/h2-9,11H,10,18H2,1H3;1H. The van der Waals surface area contributed by atoms with Gasteiger partial charge in [-0.1, -0.05) is 30.7 Å². The molecule has 0 aliphatic carbocycles. The van der Waals surface area contributed by atoms with Crippen molar-refractivity contribution in [1.82, 2.24) is 0 Å². The lowest BCUT2D eigenvalue weighted by Crippen LogP contribution is -2.19. The van der Waals surface area contributed by atoms with Crippen molar-refractivity contribution < 1.29 is 9.53 Å². The zero-order valence-electron chi connectivity index (χ0n) is 11.6. The van der Waals surface area contributed by atoms with Crippen LogP contribution >= 0.6 is 24.0 Å². The summed E-state index contributed by atoms with van der Waals surface area (Å²) in [4.78, 5) is 12.0. The van der Waals surface area contributed by atoms with Gasteiger partial charge in [0, 0.05) is 10.7 Å². The van der Waals surface area contributed by atoms with Crippen molar-refractivity contribution in [3.8, 4) is 5.75 Å². The Hall–Kier alpha value is -1.71. The van der Waals surface area contributed by atoms with E-state index < -0.39 is 0 Å². The van der Waals surface area contributed by atoms with Gasteiger partial charge in [0.2, 0.25) is 0 Å². The molecule has 0 radical (unpaired) electrons. The Balaban J connectivity index is 0.00000220. The van der Waals surface area contributed by atoms with Crippen LogP contribution in [0.4, 0.5) is 5.69 Å². The van der Waals surface area contributed by atoms with Crippen molar-refractivity contribution in [2.75, 3.05) is 5.73 Å². The maximum absolute atomic E-state index is 12.0. The molecule has 0 heterocycles. The van der Waals surface area contributed by atoms with Crippen molar-refractivity contribution >= 4 is 35.7 Å². The van der Waals surface area contributed by atoms with E-state index in [1.165, 1.54) is 0 Å². The molecule has 2 rings (SSSR count). The smallest absolute Gasteiger partial charge is 0.314 e. The number of nitrogen functional groups attached to an aromatic ring is 1. The van der Waals surface area contributed by atoms with Crippen molar-refractivity contribution in [3.63, 3.8) is 0 Å². The summed E-state index contributed by atoms with van der Waals surface area (Å²) >= 11 is 5.78. The number of esters is 1. The summed E-state index contributed by atoms with van der Waals surface area (Å²) in [5.41, 5.74) is 7.40. The average molecular weight is 326 g/mol. The van der Waals surface area contributed by atoms with Gasteiger partial charge in [-0.3, -0.25) is 4.79 Å². The minimum absolute atomic E-state index is 0. The number of hydrogen-bond acceptors (Lipinski definition) is 3. The van der Waals surface area contributed by atoms with E-state index in [2.05, 4.69) is 0 Å². The number of carbonyl (C=O) groups excluding carboxylic acids is 1. The summed E-state index contributed by atoms with van der Waals surface area (Å²) in [5.74, 6) is 0.0157. The van der Waals surface area contributed by atoms with Gasteiger partial charge in [0.15, 0.2) is 0 Å². The maximum atomic E-state index is 12.0. The fourth-order valence-electron chi connectivity index (χ4n) is 1.81. The van der Waals surface area contributed by atoms with Crippen LogP contribution in [0.3, 0.4) is 0 Å². The lowest BCUT2D eigenvalue weighted by Gasteiger charge is -2.11. The first-order chi connectivity index (χ1) is 9.54. The van der Waals surface area contributed by atoms with Crippen LogP contribution < -0.4 is 10.5 Å². The summed E-state index contributed by atoms with van der Waals surface area (Å²) < 4.78 is 5.30. The third-order valence-electron chi connectivity index (χ3n) is 2.96. The van der Waals surface area contributed by atoms with E-state index in [1.807, 2.05) is 31.2 Å². The largest absolute Gasteiger partial charge is 0.426 e. The molecule has 0 fully saturated rings. The summed E-state index contributed by atoms with van der Waals surface area (Å²) in [6, 6.07) is 14.2. The Kier molecular flexibility index (Phi) is 6.53. The Morgan fingerprint density at radius 1 is 1.14 bits per heavy atom. The monoisotopic (exact) mass is 325 g/mol. The number of nitrogens with two attached hydrogens (primary N) is 1. The molecule has 2 aromatic carbocycles. The number of halogens is 2. The van der Waals surface area contributed by atoms with E-state index in [-0.39, 0.29) is 24.3 Å². The molecule has 0 amide bonds. The summed E-state index contributed by atoms with van der Waals surface area (Å²) in [7, 11) is 0. The van der Waals surface area contributed by atoms with Gasteiger partial charge in [-0.2, -0.15) is 0 Å². The van der Waals surface area contributed by atoms with Crippen LogP contribution in [0.25, 0.3) is 0 Å². The molecule has 0 aromatic heterocycles. The third-order valence-corrected chi connectivity index (χ3v) is 3.21. The van der Waals surface area contributed by atoms with Crippen LogP contribution in [-0.2, 0) is 11.2 Å². The van der Waals surface area contributed by atoms with Crippen LogP contribution in [0.15, 0.2) is 48.5 Å². The SMILES string of the molecule is CC(Cc1ccc(N)cc1)C(=O)Oc1ccc(Cl)cc1.Cl. The normalized spacial score (nSPS) is 11.3. The summed E-state index contributed by atoms with van der Waals surface area (Å²) in [6.45, 7) is 1.84. The molecule has 5 heteroatoms. The molecule has 0 aliphatic heterocycles. The predicted octanol–water partition coefficient (Wildman–Crippen LogP) is 4.13. The average Bonchev–Trinajstić information content (AvgIpc) is 2.44. The van der Waals surface area contributed by atoms with Crippen molar-refractivity contribution in [1.29, 1.82) is 0 Å². The van der Waals surface area contributed by atoms with E-state index >= 15 is 0 Å². The van der Waals surface area contributed by atoms with Crippen LogP contribution in [0.1, 0.15) is 12.5 Å². The molecule has 0 bridgehead atoms. The fraction of sp³-hybridized carbons (Fsp3) is 0.188. The predicted molar refractivity (Wildman–Crippen MR) is 88.1 cm³/mol. The highest BCUT2D eigenvalue weighted by molar-refractivity contribution is 6.30. The van der Waals surface area contributed by atoms with Gasteiger partial charge in [0.05, 0.1) is 5.92 Å². The zero-order chi connectivity index (χ0) is 14.5. The highest BCUT2D eigenvalue weighted by Gasteiger charge is 2.16. The molecule has 1 unspecified atom stereocenters. The molecule has 0 spiro atoms. The molecule has 0 saturated heterocycles. The molecule has 2 aromatic rings. The molecule has 21 heavy (non-hydrogen) atoms. The van der Waals surface area contributed by atoms with Crippen LogP contribution in [-0.4, -0.2) is 5.97 Å². The van der Waals surface area contributed by atoms with Gasteiger partial charge < -0.3 is 10.5 Å². The topological polar surface area (TPSA) is 52.3 Å². The minimum atomic E-state index is -0.260. The van der Waals surface area contributed by atoms with E-state index in [0.29, 0.717) is 22.9 Å². The summed E-state index contributed by atoms with van der Waals surface area (Å²) in [6.07, 6.45) is 0.618. The molecular formula is C16H17Cl2NO2. The Morgan fingerprint density at radius 2 is 1.71 bits per heavy atom. The number of anilines is 1. The molecule has 2 N–H and O–H groups in total. The summed E-state index contributed by atoms with van der Waals surface area (Å²) in [5, 5.41) is 0.611. The van der Waals surface area contributed by atoms with Gasteiger partial charge in [0.1, 0.15) is 5.75 Å². The van der Waals surface area contributed by atoms with Gasteiger partial charge in [-0.25, -0.2) is 0 Å². The van der Waals surface area contributed by atoms with E-state index in [4.69, 9.17) is 22.1 Å².